The molecule has 0 spiro atoms. The van der Waals surface area contributed by atoms with Crippen molar-refractivity contribution >= 4 is 35.6 Å². The highest BCUT2D eigenvalue weighted by atomic mass is 35.5. The van der Waals surface area contributed by atoms with Crippen LogP contribution in [0.4, 0.5) is 0 Å². The fourth-order valence-electron chi connectivity index (χ4n) is 1.07. The molecule has 0 amide bonds. The summed E-state index contributed by atoms with van der Waals surface area (Å²) in [5.74, 6) is -1.06. The van der Waals surface area contributed by atoms with Crippen LogP contribution in [0.15, 0.2) is 17.0 Å². The number of carbonyl (C=O) groups is 2. The van der Waals surface area contributed by atoms with E-state index in [1.165, 1.54) is 23.9 Å². The number of hydrogen-bond donors (Lipinski definition) is 1. The van der Waals surface area contributed by atoms with E-state index in [4.69, 9.17) is 16.7 Å². The predicted molar refractivity (Wildman–Crippen MR) is 55.6 cm³/mol. The van der Waals surface area contributed by atoms with Gasteiger partial charge < -0.3 is 5.11 Å². The van der Waals surface area contributed by atoms with Crippen LogP contribution in [0.5, 0.6) is 0 Å². The molecule has 1 N–H and O–H groups in total. The molecule has 0 saturated heterocycles. The quantitative estimate of drug-likeness (QED) is 0.641. The standard InChI is InChI=1S/C9H7ClO3S/c1-14-8-5(9(12)13)2-3-7(10)6(8)4-11/h2-4H,1H3,(H,12,13). The highest BCUT2D eigenvalue weighted by Crippen LogP contribution is 2.29. The van der Waals surface area contributed by atoms with Crippen molar-refractivity contribution in [1.82, 2.24) is 0 Å². The third-order valence-corrected chi connectivity index (χ3v) is 2.87. The van der Waals surface area contributed by atoms with E-state index in [1.807, 2.05) is 0 Å². The van der Waals surface area contributed by atoms with Crippen molar-refractivity contribution < 1.29 is 14.7 Å². The van der Waals surface area contributed by atoms with Crippen LogP contribution in [0.25, 0.3) is 0 Å². The van der Waals surface area contributed by atoms with Crippen LogP contribution in [0.2, 0.25) is 5.02 Å². The largest absolute Gasteiger partial charge is 0.478 e. The lowest BCUT2D eigenvalue weighted by molar-refractivity contribution is 0.0693. The van der Waals surface area contributed by atoms with E-state index in [0.29, 0.717) is 11.2 Å². The molecule has 0 radical (unpaired) electrons. The van der Waals surface area contributed by atoms with Gasteiger partial charge >= 0.3 is 5.97 Å². The second-order valence-electron chi connectivity index (χ2n) is 2.46. The number of carboxylic acid groups (broad SMARTS) is 1. The van der Waals surface area contributed by atoms with Crippen molar-refractivity contribution in [3.8, 4) is 0 Å². The van der Waals surface area contributed by atoms with Gasteiger partial charge in [-0.05, 0) is 18.4 Å². The minimum absolute atomic E-state index is 0.101. The van der Waals surface area contributed by atoms with Crippen LogP contribution in [0.3, 0.4) is 0 Å². The van der Waals surface area contributed by atoms with E-state index in [1.54, 1.807) is 6.26 Å². The number of rotatable bonds is 3. The van der Waals surface area contributed by atoms with E-state index >= 15 is 0 Å². The van der Waals surface area contributed by atoms with Crippen LogP contribution in [0, 0.1) is 0 Å². The average Bonchev–Trinajstić information content (AvgIpc) is 2.16. The molecule has 1 aromatic carbocycles. The maximum Gasteiger partial charge on any atom is 0.336 e. The summed E-state index contributed by atoms with van der Waals surface area (Å²) in [5.41, 5.74) is 0.336. The molecular weight excluding hydrogens is 224 g/mol. The zero-order valence-electron chi connectivity index (χ0n) is 7.28. The molecular formula is C9H7ClO3S. The Kier molecular flexibility index (Phi) is 3.55. The number of carbonyl (C=O) groups excluding carboxylic acids is 1. The van der Waals surface area contributed by atoms with Crippen LogP contribution >= 0.6 is 23.4 Å². The molecule has 1 aromatic rings. The van der Waals surface area contributed by atoms with Crippen molar-refractivity contribution in [2.24, 2.45) is 0 Å². The number of hydrogen-bond acceptors (Lipinski definition) is 3. The van der Waals surface area contributed by atoms with E-state index < -0.39 is 5.97 Å². The number of benzene rings is 1. The molecule has 0 aliphatic heterocycles. The Hall–Kier alpha value is -1.00. The first-order valence-electron chi connectivity index (χ1n) is 3.66. The molecule has 1 rings (SSSR count). The fraction of sp³-hybridized carbons (Fsp3) is 0.111. The predicted octanol–water partition coefficient (Wildman–Crippen LogP) is 2.57. The zero-order valence-corrected chi connectivity index (χ0v) is 8.85. The van der Waals surface area contributed by atoms with Gasteiger partial charge in [-0.15, -0.1) is 11.8 Å². The normalized spacial score (nSPS) is 9.86. The van der Waals surface area contributed by atoms with Gasteiger partial charge in [-0.25, -0.2) is 4.79 Å². The Labute approximate surface area is 90.1 Å². The molecule has 0 saturated carbocycles. The summed E-state index contributed by atoms with van der Waals surface area (Å²) >= 11 is 6.94. The van der Waals surface area contributed by atoms with Crippen molar-refractivity contribution in [3.05, 3.63) is 28.3 Å². The van der Waals surface area contributed by atoms with Gasteiger partial charge in [-0.3, -0.25) is 4.79 Å². The highest BCUT2D eigenvalue weighted by molar-refractivity contribution is 7.98. The Balaban J connectivity index is 3.48. The third-order valence-electron chi connectivity index (χ3n) is 1.70. The number of thioether (sulfide) groups is 1. The number of halogens is 1. The van der Waals surface area contributed by atoms with E-state index in [0.717, 1.165) is 0 Å². The lowest BCUT2D eigenvalue weighted by Gasteiger charge is -2.06. The van der Waals surface area contributed by atoms with Crippen molar-refractivity contribution in [1.29, 1.82) is 0 Å². The van der Waals surface area contributed by atoms with Gasteiger partial charge in [0.2, 0.25) is 0 Å². The highest BCUT2D eigenvalue weighted by Gasteiger charge is 2.15. The number of aldehydes is 1. The minimum atomic E-state index is -1.06. The minimum Gasteiger partial charge on any atom is -0.478 e. The SMILES string of the molecule is CSc1c(C(=O)O)ccc(Cl)c1C=O. The first-order chi connectivity index (χ1) is 6.61. The molecule has 0 atom stereocenters. The molecule has 0 aromatic heterocycles. The van der Waals surface area contributed by atoms with Gasteiger partial charge in [-0.2, -0.15) is 0 Å². The van der Waals surface area contributed by atoms with Gasteiger partial charge in [0.1, 0.15) is 0 Å². The maximum absolute atomic E-state index is 10.8. The Bertz CT molecular complexity index is 390. The smallest absolute Gasteiger partial charge is 0.336 e. The molecule has 0 fully saturated rings. The Morgan fingerprint density at radius 3 is 2.64 bits per heavy atom. The number of aromatic carboxylic acids is 1. The summed E-state index contributed by atoms with van der Waals surface area (Å²) in [6.07, 6.45) is 2.27. The van der Waals surface area contributed by atoms with Gasteiger partial charge in [-0.1, -0.05) is 11.6 Å². The first kappa shape index (κ1) is 11.1. The Morgan fingerprint density at radius 1 is 1.57 bits per heavy atom. The van der Waals surface area contributed by atoms with Crippen molar-refractivity contribution in [2.75, 3.05) is 6.26 Å². The summed E-state index contributed by atoms with van der Waals surface area (Å²) in [4.78, 5) is 21.9. The second kappa shape index (κ2) is 4.48. The number of carboxylic acids is 1. The van der Waals surface area contributed by atoms with E-state index in [-0.39, 0.29) is 16.1 Å². The van der Waals surface area contributed by atoms with Crippen molar-refractivity contribution in [3.63, 3.8) is 0 Å². The third kappa shape index (κ3) is 1.91. The van der Waals surface area contributed by atoms with Crippen LogP contribution in [0.1, 0.15) is 20.7 Å². The average molecular weight is 231 g/mol. The summed E-state index contributed by atoms with van der Waals surface area (Å²) in [7, 11) is 0. The van der Waals surface area contributed by atoms with Crippen LogP contribution in [-0.4, -0.2) is 23.6 Å². The Morgan fingerprint density at radius 2 is 2.21 bits per heavy atom. The zero-order chi connectivity index (χ0) is 10.7. The molecule has 0 heterocycles. The molecule has 74 valence electrons. The molecule has 0 bridgehead atoms. The lowest BCUT2D eigenvalue weighted by Crippen LogP contribution is -2.01. The summed E-state index contributed by atoms with van der Waals surface area (Å²) < 4.78 is 0. The molecule has 0 unspecified atom stereocenters. The van der Waals surface area contributed by atoms with Gasteiger partial charge in [0.15, 0.2) is 6.29 Å². The maximum atomic E-state index is 10.8. The molecule has 14 heavy (non-hydrogen) atoms. The van der Waals surface area contributed by atoms with Crippen LogP contribution in [-0.2, 0) is 0 Å². The second-order valence-corrected chi connectivity index (χ2v) is 3.69. The summed E-state index contributed by atoms with van der Waals surface area (Å²) in [6.45, 7) is 0. The van der Waals surface area contributed by atoms with Crippen LogP contribution < -0.4 is 0 Å². The van der Waals surface area contributed by atoms with Gasteiger partial charge in [0.25, 0.3) is 0 Å². The molecule has 3 nitrogen and oxygen atoms in total. The molecule has 0 aliphatic rings. The van der Waals surface area contributed by atoms with Gasteiger partial charge in [0, 0.05) is 10.5 Å². The topological polar surface area (TPSA) is 54.4 Å². The van der Waals surface area contributed by atoms with E-state index in [9.17, 15) is 9.59 Å². The van der Waals surface area contributed by atoms with Crippen molar-refractivity contribution in [2.45, 2.75) is 4.90 Å². The fourth-order valence-corrected chi connectivity index (χ4v) is 2.08. The summed E-state index contributed by atoms with van der Waals surface area (Å²) in [6, 6.07) is 2.80. The first-order valence-corrected chi connectivity index (χ1v) is 5.27. The summed E-state index contributed by atoms with van der Waals surface area (Å²) in [5, 5.41) is 9.11. The molecule has 5 heteroatoms. The van der Waals surface area contributed by atoms with E-state index in [2.05, 4.69) is 0 Å². The molecule has 0 aliphatic carbocycles. The monoisotopic (exact) mass is 230 g/mol. The lowest BCUT2D eigenvalue weighted by atomic mass is 10.1. The van der Waals surface area contributed by atoms with Gasteiger partial charge in [0.05, 0.1) is 10.6 Å².